The van der Waals surface area contributed by atoms with Crippen LogP contribution in [0.4, 0.5) is 0 Å². The van der Waals surface area contributed by atoms with Gasteiger partial charge in [0, 0.05) is 24.7 Å². The third kappa shape index (κ3) is 4.62. The van der Waals surface area contributed by atoms with Crippen LogP contribution < -0.4 is 5.56 Å². The average molecular weight is 492 g/mol. The lowest BCUT2D eigenvalue weighted by Gasteiger charge is -2.43. The van der Waals surface area contributed by atoms with Gasteiger partial charge in [-0.15, -0.1) is 0 Å². The molecule has 0 spiro atoms. The van der Waals surface area contributed by atoms with E-state index in [1.54, 1.807) is 11.5 Å². The van der Waals surface area contributed by atoms with Gasteiger partial charge < -0.3 is 4.74 Å². The Morgan fingerprint density at radius 2 is 1.61 bits per heavy atom. The van der Waals surface area contributed by atoms with Gasteiger partial charge in [0.25, 0.3) is 5.56 Å². The lowest BCUT2D eigenvalue weighted by Crippen LogP contribution is -2.47. The molecule has 2 aliphatic carbocycles. The Bertz CT molecular complexity index is 1150. The molecule has 1 aromatic heterocycles. The van der Waals surface area contributed by atoms with Crippen LogP contribution in [0.5, 0.6) is 0 Å². The molecule has 6 heteroatoms. The fraction of sp³-hybridized carbons (Fsp3) is 0.700. The van der Waals surface area contributed by atoms with Crippen LogP contribution in [-0.4, -0.2) is 45.7 Å². The van der Waals surface area contributed by atoms with Crippen molar-refractivity contribution in [3.63, 3.8) is 0 Å². The van der Waals surface area contributed by atoms with Crippen molar-refractivity contribution in [3.05, 3.63) is 40.4 Å². The highest BCUT2D eigenvalue weighted by Gasteiger charge is 2.42. The molecule has 194 valence electrons. The lowest BCUT2D eigenvalue weighted by molar-refractivity contribution is 0.0493. The second kappa shape index (κ2) is 10.3. The van der Waals surface area contributed by atoms with Crippen molar-refractivity contribution in [1.29, 1.82) is 0 Å². The second-order valence-electron chi connectivity index (χ2n) is 12.0. The highest BCUT2D eigenvalue weighted by molar-refractivity contribution is 5.89. The molecule has 4 bridgehead atoms. The number of carbonyl (C=O) groups excluding carboxylic acids is 1. The quantitative estimate of drug-likeness (QED) is 0.511. The first-order valence-electron chi connectivity index (χ1n) is 14.5. The number of carbonyl (C=O) groups is 1. The lowest BCUT2D eigenvalue weighted by atomic mass is 9.77. The van der Waals surface area contributed by atoms with Crippen molar-refractivity contribution in [3.8, 4) is 0 Å². The minimum atomic E-state index is -0.483. The van der Waals surface area contributed by atoms with Crippen LogP contribution in [-0.2, 0) is 4.74 Å². The summed E-state index contributed by atoms with van der Waals surface area (Å²) >= 11 is 0. The normalized spacial score (nSPS) is 33.0. The zero-order valence-electron chi connectivity index (χ0n) is 21.7. The largest absolute Gasteiger partial charge is 0.460 e. The number of aromatic nitrogens is 2. The zero-order valence-corrected chi connectivity index (χ0v) is 21.7. The van der Waals surface area contributed by atoms with Gasteiger partial charge in [-0.25, -0.2) is 9.78 Å². The molecule has 0 amide bonds. The first-order chi connectivity index (χ1) is 17.6. The maximum Gasteiger partial charge on any atom is 0.374 e. The van der Waals surface area contributed by atoms with E-state index in [-0.39, 0.29) is 24.0 Å². The smallest absolute Gasteiger partial charge is 0.374 e. The molecule has 4 fully saturated rings. The summed E-state index contributed by atoms with van der Waals surface area (Å²) in [5.74, 6) is 2.05. The number of hydrogen-bond acceptors (Lipinski definition) is 5. The van der Waals surface area contributed by atoms with E-state index in [9.17, 15) is 9.59 Å². The molecule has 2 saturated carbocycles. The summed E-state index contributed by atoms with van der Waals surface area (Å²) in [6.07, 6.45) is 15.4. The summed E-state index contributed by atoms with van der Waals surface area (Å²) in [6.45, 7) is 3.22. The topological polar surface area (TPSA) is 64.4 Å². The van der Waals surface area contributed by atoms with Crippen molar-refractivity contribution < 1.29 is 9.53 Å². The average Bonchev–Trinajstić information content (AvgIpc) is 3.26. The minimum Gasteiger partial charge on any atom is -0.460 e. The molecule has 2 aromatic rings. The number of benzene rings is 1. The minimum absolute atomic E-state index is 0.0137. The predicted molar refractivity (Wildman–Crippen MR) is 141 cm³/mol. The molecule has 1 aromatic carbocycles. The second-order valence-corrected chi connectivity index (χ2v) is 12.0. The highest BCUT2D eigenvalue weighted by atomic mass is 16.5. The predicted octanol–water partition coefficient (Wildman–Crippen LogP) is 5.74. The monoisotopic (exact) mass is 491 g/mol. The van der Waals surface area contributed by atoms with E-state index >= 15 is 0 Å². The third-order valence-corrected chi connectivity index (χ3v) is 9.69. The zero-order chi connectivity index (χ0) is 24.6. The van der Waals surface area contributed by atoms with Gasteiger partial charge in [-0.2, -0.15) is 0 Å². The van der Waals surface area contributed by atoms with E-state index in [2.05, 4.69) is 9.88 Å². The van der Waals surface area contributed by atoms with E-state index in [0.717, 1.165) is 31.2 Å². The summed E-state index contributed by atoms with van der Waals surface area (Å²) in [5, 5.41) is 0.591. The molecule has 0 N–H and O–H groups in total. The van der Waals surface area contributed by atoms with Gasteiger partial charge in [0.1, 0.15) is 0 Å². The number of nitrogens with zero attached hydrogens (tertiary/aromatic N) is 3. The summed E-state index contributed by atoms with van der Waals surface area (Å²) < 4.78 is 7.12. The SMILES string of the molecule is CCOC(=O)c1nc2ccccc2c(=O)n1C1C[C@H]2CCC[C@@H](C1)N(C1C[C@H]3CCCC[C@@H](C1)C3)C2. The Kier molecular flexibility index (Phi) is 6.89. The Balaban J connectivity index is 1.35. The van der Waals surface area contributed by atoms with Crippen LogP contribution in [0.1, 0.15) is 101 Å². The third-order valence-electron chi connectivity index (χ3n) is 9.69. The summed E-state index contributed by atoms with van der Waals surface area (Å²) in [5.41, 5.74) is 0.478. The Hall–Kier alpha value is -2.21. The number of fused-ring (bicyclic) bond motifs is 6. The molecular formula is C30H41N3O3. The molecule has 6 rings (SSSR count). The van der Waals surface area contributed by atoms with Gasteiger partial charge in [0.05, 0.1) is 17.5 Å². The molecule has 6 atom stereocenters. The molecule has 6 nitrogen and oxygen atoms in total. The molecule has 36 heavy (non-hydrogen) atoms. The Morgan fingerprint density at radius 1 is 0.889 bits per heavy atom. The fourth-order valence-electron chi connectivity index (χ4n) is 8.21. The first-order valence-corrected chi connectivity index (χ1v) is 14.5. The van der Waals surface area contributed by atoms with Crippen LogP contribution in [0, 0.1) is 17.8 Å². The van der Waals surface area contributed by atoms with E-state index in [0.29, 0.717) is 28.9 Å². The van der Waals surface area contributed by atoms with Crippen molar-refractivity contribution >= 4 is 16.9 Å². The molecule has 3 heterocycles. The maximum absolute atomic E-state index is 13.8. The molecule has 2 saturated heterocycles. The molecule has 2 aliphatic heterocycles. The van der Waals surface area contributed by atoms with Gasteiger partial charge in [0.15, 0.2) is 0 Å². The summed E-state index contributed by atoms with van der Waals surface area (Å²) in [6, 6.07) is 8.54. The summed E-state index contributed by atoms with van der Waals surface area (Å²) in [4.78, 5) is 34.4. The van der Waals surface area contributed by atoms with Gasteiger partial charge in [-0.05, 0) is 81.8 Å². The van der Waals surface area contributed by atoms with E-state index < -0.39 is 5.97 Å². The van der Waals surface area contributed by atoms with Crippen LogP contribution in [0.2, 0.25) is 0 Å². The van der Waals surface area contributed by atoms with Crippen LogP contribution in [0.3, 0.4) is 0 Å². The van der Waals surface area contributed by atoms with Crippen LogP contribution in [0.25, 0.3) is 10.9 Å². The van der Waals surface area contributed by atoms with Gasteiger partial charge in [0.2, 0.25) is 5.82 Å². The Labute approximate surface area is 214 Å². The standard InChI is InChI=1S/C30H41N3O3/c1-2-36-30(35)28-31-27-13-6-5-12-26(27)29(34)33(28)25-17-22-10-7-11-23(18-25)32(19-22)24-15-20-8-3-4-9-21(14-20)16-24/h5-6,12-13,20-25H,2-4,7-11,14-19H2,1H3/t20-,21+,22-,23+,24?,25?/m1/s1. The number of para-hydroxylation sites is 1. The van der Waals surface area contributed by atoms with Crippen LogP contribution >= 0.6 is 0 Å². The van der Waals surface area contributed by atoms with E-state index in [4.69, 9.17) is 4.74 Å². The van der Waals surface area contributed by atoms with Crippen LogP contribution in [0.15, 0.2) is 29.1 Å². The van der Waals surface area contributed by atoms with Crippen molar-refractivity contribution in [2.75, 3.05) is 13.2 Å². The Morgan fingerprint density at radius 3 is 2.39 bits per heavy atom. The number of hydrogen-bond donors (Lipinski definition) is 0. The van der Waals surface area contributed by atoms with Gasteiger partial charge >= 0.3 is 5.97 Å². The van der Waals surface area contributed by atoms with Crippen molar-refractivity contribution in [1.82, 2.24) is 14.5 Å². The molecular weight excluding hydrogens is 450 g/mol. The molecule has 4 aliphatic rings. The van der Waals surface area contributed by atoms with Crippen molar-refractivity contribution in [2.45, 2.75) is 102 Å². The van der Waals surface area contributed by atoms with E-state index in [1.165, 1.54) is 64.2 Å². The fourth-order valence-corrected chi connectivity index (χ4v) is 8.21. The number of rotatable bonds is 4. The maximum atomic E-state index is 13.8. The number of esters is 1. The molecule has 0 radical (unpaired) electrons. The highest BCUT2D eigenvalue weighted by Crippen LogP contribution is 2.44. The number of ether oxygens (including phenoxy) is 1. The van der Waals surface area contributed by atoms with Gasteiger partial charge in [-0.1, -0.05) is 44.2 Å². The van der Waals surface area contributed by atoms with Gasteiger partial charge in [-0.3, -0.25) is 14.3 Å². The molecule has 2 unspecified atom stereocenters. The first kappa shape index (κ1) is 24.1. The summed E-state index contributed by atoms with van der Waals surface area (Å²) in [7, 11) is 0. The van der Waals surface area contributed by atoms with Crippen molar-refractivity contribution in [2.24, 2.45) is 17.8 Å². The van der Waals surface area contributed by atoms with E-state index in [1.807, 2.05) is 24.3 Å².